The molecule has 1 aliphatic carbocycles. The molecule has 1 aromatic rings. The smallest absolute Gasteiger partial charge is 0.0331 e. The third-order valence-corrected chi connectivity index (χ3v) is 4.30. The standard InChI is InChI=1S/C12H19NS/c1-2-9-3-4-10(7-9)12(13)11-5-6-14-8-11/h5-6,8-10,12H,2-4,7,13H2,1H3. The lowest BCUT2D eigenvalue weighted by atomic mass is 9.93. The van der Waals surface area contributed by atoms with Crippen molar-refractivity contribution in [2.75, 3.05) is 0 Å². The van der Waals surface area contributed by atoms with E-state index in [1.165, 1.54) is 31.2 Å². The first kappa shape index (κ1) is 10.2. The van der Waals surface area contributed by atoms with Crippen molar-refractivity contribution in [3.63, 3.8) is 0 Å². The van der Waals surface area contributed by atoms with Gasteiger partial charge in [0.05, 0.1) is 0 Å². The maximum atomic E-state index is 6.27. The van der Waals surface area contributed by atoms with Crippen LogP contribution in [0.1, 0.15) is 44.2 Å². The van der Waals surface area contributed by atoms with Gasteiger partial charge < -0.3 is 5.73 Å². The molecule has 0 aromatic carbocycles. The van der Waals surface area contributed by atoms with E-state index in [0.29, 0.717) is 0 Å². The summed E-state index contributed by atoms with van der Waals surface area (Å²) in [5.41, 5.74) is 7.61. The number of rotatable bonds is 3. The highest BCUT2D eigenvalue weighted by Gasteiger charge is 2.28. The van der Waals surface area contributed by atoms with Gasteiger partial charge in [-0.15, -0.1) is 0 Å². The van der Waals surface area contributed by atoms with Gasteiger partial charge in [-0.25, -0.2) is 0 Å². The zero-order valence-corrected chi connectivity index (χ0v) is 9.59. The van der Waals surface area contributed by atoms with Gasteiger partial charge in [0.15, 0.2) is 0 Å². The van der Waals surface area contributed by atoms with Gasteiger partial charge >= 0.3 is 0 Å². The molecule has 0 radical (unpaired) electrons. The van der Waals surface area contributed by atoms with Gasteiger partial charge in [0, 0.05) is 6.04 Å². The molecule has 1 saturated carbocycles. The summed E-state index contributed by atoms with van der Waals surface area (Å²) in [5, 5.41) is 4.32. The summed E-state index contributed by atoms with van der Waals surface area (Å²) in [6.45, 7) is 2.29. The average molecular weight is 209 g/mol. The van der Waals surface area contributed by atoms with Crippen LogP contribution in [-0.2, 0) is 0 Å². The van der Waals surface area contributed by atoms with Crippen LogP contribution in [-0.4, -0.2) is 0 Å². The molecule has 1 fully saturated rings. The predicted octanol–water partition coefficient (Wildman–Crippen LogP) is 3.57. The Bertz CT molecular complexity index is 268. The second-order valence-electron chi connectivity index (χ2n) is 4.43. The molecule has 0 aliphatic heterocycles. The van der Waals surface area contributed by atoms with Crippen molar-refractivity contribution in [2.24, 2.45) is 17.6 Å². The predicted molar refractivity (Wildman–Crippen MR) is 62.4 cm³/mol. The molecule has 2 rings (SSSR count). The molecule has 0 bridgehead atoms. The van der Waals surface area contributed by atoms with E-state index in [0.717, 1.165) is 11.8 Å². The summed E-state index contributed by atoms with van der Waals surface area (Å²) < 4.78 is 0. The summed E-state index contributed by atoms with van der Waals surface area (Å²) in [6, 6.07) is 2.46. The first-order chi connectivity index (χ1) is 6.81. The maximum Gasteiger partial charge on any atom is 0.0331 e. The van der Waals surface area contributed by atoms with E-state index in [1.54, 1.807) is 11.3 Å². The van der Waals surface area contributed by atoms with Crippen LogP contribution in [0, 0.1) is 11.8 Å². The topological polar surface area (TPSA) is 26.0 Å². The minimum atomic E-state index is 0.290. The van der Waals surface area contributed by atoms with Crippen LogP contribution in [0.2, 0.25) is 0 Å². The van der Waals surface area contributed by atoms with Gasteiger partial charge in [0.1, 0.15) is 0 Å². The number of nitrogens with two attached hydrogens (primary N) is 1. The molecule has 1 nitrogen and oxygen atoms in total. The molecule has 2 heteroatoms. The molecular formula is C12H19NS. The molecule has 0 saturated heterocycles. The highest BCUT2D eigenvalue weighted by molar-refractivity contribution is 7.07. The van der Waals surface area contributed by atoms with Crippen molar-refractivity contribution in [1.29, 1.82) is 0 Å². The minimum absolute atomic E-state index is 0.290. The molecule has 1 heterocycles. The molecule has 3 atom stereocenters. The van der Waals surface area contributed by atoms with Crippen molar-refractivity contribution >= 4 is 11.3 Å². The quantitative estimate of drug-likeness (QED) is 0.809. The number of thiophene rings is 1. The first-order valence-corrected chi connectivity index (χ1v) is 6.53. The number of hydrogen-bond acceptors (Lipinski definition) is 2. The molecule has 1 aliphatic rings. The van der Waals surface area contributed by atoms with Crippen LogP contribution in [0.4, 0.5) is 0 Å². The summed E-state index contributed by atoms with van der Waals surface area (Å²) in [4.78, 5) is 0. The molecule has 0 amide bonds. The fourth-order valence-electron chi connectivity index (χ4n) is 2.55. The van der Waals surface area contributed by atoms with E-state index < -0.39 is 0 Å². The van der Waals surface area contributed by atoms with E-state index in [1.807, 2.05) is 0 Å². The molecule has 3 unspecified atom stereocenters. The van der Waals surface area contributed by atoms with Crippen molar-refractivity contribution in [3.05, 3.63) is 22.4 Å². The summed E-state index contributed by atoms with van der Waals surface area (Å²) in [5.74, 6) is 1.67. The first-order valence-electron chi connectivity index (χ1n) is 5.59. The van der Waals surface area contributed by atoms with Crippen LogP contribution in [0.5, 0.6) is 0 Å². The Hall–Kier alpha value is -0.340. The Kier molecular flexibility index (Phi) is 3.24. The third kappa shape index (κ3) is 2.01. The Morgan fingerprint density at radius 1 is 1.57 bits per heavy atom. The van der Waals surface area contributed by atoms with Crippen LogP contribution < -0.4 is 5.73 Å². The van der Waals surface area contributed by atoms with Gasteiger partial charge in [0.2, 0.25) is 0 Å². The highest BCUT2D eigenvalue weighted by atomic mass is 32.1. The fraction of sp³-hybridized carbons (Fsp3) is 0.667. The van der Waals surface area contributed by atoms with E-state index in [-0.39, 0.29) is 6.04 Å². The average Bonchev–Trinajstić information content (AvgIpc) is 2.88. The second kappa shape index (κ2) is 4.45. The third-order valence-electron chi connectivity index (χ3n) is 3.60. The Morgan fingerprint density at radius 2 is 2.43 bits per heavy atom. The minimum Gasteiger partial charge on any atom is -0.324 e. The monoisotopic (exact) mass is 209 g/mol. The largest absolute Gasteiger partial charge is 0.324 e. The maximum absolute atomic E-state index is 6.27. The molecule has 2 N–H and O–H groups in total. The fourth-order valence-corrected chi connectivity index (χ4v) is 3.25. The lowest BCUT2D eigenvalue weighted by Gasteiger charge is -2.18. The lowest BCUT2D eigenvalue weighted by molar-refractivity contribution is 0.417. The lowest BCUT2D eigenvalue weighted by Crippen LogP contribution is -2.18. The van der Waals surface area contributed by atoms with Gasteiger partial charge in [0.25, 0.3) is 0 Å². The summed E-state index contributed by atoms with van der Waals surface area (Å²) in [6.07, 6.45) is 5.38. The van der Waals surface area contributed by atoms with Crippen molar-refractivity contribution in [3.8, 4) is 0 Å². The van der Waals surface area contributed by atoms with Crippen molar-refractivity contribution in [1.82, 2.24) is 0 Å². The second-order valence-corrected chi connectivity index (χ2v) is 5.21. The zero-order chi connectivity index (χ0) is 9.97. The molecule has 78 valence electrons. The van der Waals surface area contributed by atoms with Gasteiger partial charge in [-0.05, 0) is 47.1 Å². The van der Waals surface area contributed by atoms with Gasteiger partial charge in [-0.3, -0.25) is 0 Å². The highest BCUT2D eigenvalue weighted by Crippen LogP contribution is 2.39. The number of hydrogen-bond donors (Lipinski definition) is 1. The van der Waals surface area contributed by atoms with E-state index >= 15 is 0 Å². The Labute approximate surface area is 90.3 Å². The van der Waals surface area contributed by atoms with Crippen molar-refractivity contribution < 1.29 is 0 Å². The van der Waals surface area contributed by atoms with Crippen LogP contribution in [0.25, 0.3) is 0 Å². The van der Waals surface area contributed by atoms with Crippen LogP contribution >= 0.6 is 11.3 Å². The molecule has 1 aromatic heterocycles. The summed E-state index contributed by atoms with van der Waals surface area (Å²) >= 11 is 1.75. The SMILES string of the molecule is CCC1CCC(C(N)c2ccsc2)C1. The Balaban J connectivity index is 1.97. The summed E-state index contributed by atoms with van der Waals surface area (Å²) in [7, 11) is 0. The van der Waals surface area contributed by atoms with E-state index in [9.17, 15) is 0 Å². The molecule has 0 spiro atoms. The van der Waals surface area contributed by atoms with Gasteiger partial charge in [-0.1, -0.05) is 19.8 Å². The van der Waals surface area contributed by atoms with Gasteiger partial charge in [-0.2, -0.15) is 11.3 Å². The van der Waals surface area contributed by atoms with Crippen LogP contribution in [0.3, 0.4) is 0 Å². The van der Waals surface area contributed by atoms with Crippen molar-refractivity contribution in [2.45, 2.75) is 38.6 Å². The molecule has 14 heavy (non-hydrogen) atoms. The molecular weight excluding hydrogens is 190 g/mol. The normalized spacial score (nSPS) is 29.3. The van der Waals surface area contributed by atoms with Crippen LogP contribution in [0.15, 0.2) is 16.8 Å². The Morgan fingerprint density at radius 3 is 3.00 bits per heavy atom. The van der Waals surface area contributed by atoms with E-state index in [2.05, 4.69) is 23.8 Å². The van der Waals surface area contributed by atoms with E-state index in [4.69, 9.17) is 5.73 Å². The zero-order valence-electron chi connectivity index (χ0n) is 8.78.